The molecule has 0 unspecified atom stereocenters. The van der Waals surface area contributed by atoms with Crippen LogP contribution < -0.4 is 10.1 Å². The van der Waals surface area contributed by atoms with Crippen molar-refractivity contribution in [1.82, 2.24) is 10.1 Å². The van der Waals surface area contributed by atoms with E-state index in [-0.39, 0.29) is 5.91 Å². The molecule has 0 fully saturated rings. The molecule has 6 nitrogen and oxygen atoms in total. The van der Waals surface area contributed by atoms with E-state index < -0.39 is 0 Å². The number of hydrogen-bond donors (Lipinski definition) is 1. The molecule has 3 rings (SSSR count). The van der Waals surface area contributed by atoms with Gasteiger partial charge >= 0.3 is 0 Å². The molecule has 2 aromatic carbocycles. The Labute approximate surface area is 166 Å². The van der Waals surface area contributed by atoms with Crippen molar-refractivity contribution >= 4 is 35.0 Å². The first-order chi connectivity index (χ1) is 13.0. The summed E-state index contributed by atoms with van der Waals surface area (Å²) in [6.45, 7) is 3.63. The van der Waals surface area contributed by atoms with Crippen molar-refractivity contribution in [2.45, 2.75) is 24.5 Å². The van der Waals surface area contributed by atoms with Crippen molar-refractivity contribution in [1.29, 1.82) is 0 Å². The summed E-state index contributed by atoms with van der Waals surface area (Å²) in [6, 6.07) is 10.8. The number of carbonyl (C=O) groups is 1. The van der Waals surface area contributed by atoms with Gasteiger partial charge in [-0.2, -0.15) is 4.98 Å². The van der Waals surface area contributed by atoms with Gasteiger partial charge in [-0.05, 0) is 37.6 Å². The Morgan fingerprint density at radius 3 is 2.78 bits per heavy atom. The molecule has 0 aliphatic heterocycles. The molecule has 0 saturated heterocycles. The molecule has 0 spiro atoms. The second kappa shape index (κ2) is 8.45. The molecule has 1 aromatic heterocycles. The predicted octanol–water partition coefficient (Wildman–Crippen LogP) is 4.89. The smallest absolute Gasteiger partial charge is 0.256 e. The lowest BCUT2D eigenvalue weighted by Gasteiger charge is -2.13. The van der Waals surface area contributed by atoms with Crippen LogP contribution in [0.3, 0.4) is 0 Å². The van der Waals surface area contributed by atoms with Gasteiger partial charge in [0.15, 0.2) is 5.82 Å². The molecule has 0 aliphatic rings. The number of aromatic nitrogens is 2. The van der Waals surface area contributed by atoms with Gasteiger partial charge in [0.1, 0.15) is 5.75 Å². The highest BCUT2D eigenvalue weighted by atomic mass is 35.5. The largest absolute Gasteiger partial charge is 0.495 e. The van der Waals surface area contributed by atoms with Gasteiger partial charge in [-0.25, -0.2) is 0 Å². The molecule has 0 aliphatic carbocycles. The van der Waals surface area contributed by atoms with Crippen LogP contribution in [-0.4, -0.2) is 23.2 Å². The van der Waals surface area contributed by atoms with Gasteiger partial charge < -0.3 is 14.6 Å². The lowest BCUT2D eigenvalue weighted by atomic mass is 10.1. The summed E-state index contributed by atoms with van der Waals surface area (Å²) in [6.07, 6.45) is 0. The number of hydrogen-bond acceptors (Lipinski definition) is 6. The first-order valence-corrected chi connectivity index (χ1v) is 9.50. The van der Waals surface area contributed by atoms with Crippen molar-refractivity contribution in [2.75, 3.05) is 12.4 Å². The first kappa shape index (κ1) is 19.3. The van der Waals surface area contributed by atoms with E-state index in [1.54, 1.807) is 25.1 Å². The molecule has 8 heteroatoms. The molecular formula is C19H18ClN3O3S. The second-order valence-corrected chi connectivity index (χ2v) is 7.20. The van der Waals surface area contributed by atoms with Crippen LogP contribution in [0.1, 0.15) is 27.6 Å². The molecule has 140 valence electrons. The number of anilines is 1. The highest BCUT2D eigenvalue weighted by molar-refractivity contribution is 7.98. The number of nitrogens with zero attached hydrogens (tertiary/aromatic N) is 2. The van der Waals surface area contributed by atoms with Crippen molar-refractivity contribution in [3.05, 3.63) is 64.3 Å². The number of aryl methyl sites for hydroxylation is 2. The maximum atomic E-state index is 12.9. The van der Waals surface area contributed by atoms with Gasteiger partial charge in [0.05, 0.1) is 24.1 Å². The maximum absolute atomic E-state index is 12.9. The second-order valence-electron chi connectivity index (χ2n) is 5.78. The van der Waals surface area contributed by atoms with Crippen molar-refractivity contribution in [3.8, 4) is 5.75 Å². The Bertz CT molecular complexity index is 975. The molecule has 1 amide bonds. The minimum atomic E-state index is -0.236. The average Bonchev–Trinajstić information content (AvgIpc) is 3.08. The van der Waals surface area contributed by atoms with E-state index in [1.165, 1.54) is 18.9 Å². The summed E-state index contributed by atoms with van der Waals surface area (Å²) in [7, 11) is 1.53. The van der Waals surface area contributed by atoms with E-state index in [4.69, 9.17) is 20.9 Å². The maximum Gasteiger partial charge on any atom is 0.256 e. The Morgan fingerprint density at radius 2 is 2.07 bits per heavy atom. The lowest BCUT2D eigenvalue weighted by Crippen LogP contribution is -2.14. The average molecular weight is 404 g/mol. The molecule has 0 atom stereocenters. The van der Waals surface area contributed by atoms with Crippen LogP contribution in [0.15, 0.2) is 45.8 Å². The molecule has 3 aromatic rings. The molecule has 1 heterocycles. The Balaban J connectivity index is 1.80. The van der Waals surface area contributed by atoms with Crippen LogP contribution >= 0.6 is 23.4 Å². The van der Waals surface area contributed by atoms with E-state index in [1.807, 2.05) is 25.1 Å². The third kappa shape index (κ3) is 4.61. The summed E-state index contributed by atoms with van der Waals surface area (Å²) in [5, 5.41) is 7.25. The topological polar surface area (TPSA) is 77.2 Å². The number of thioether (sulfide) groups is 1. The summed E-state index contributed by atoms with van der Waals surface area (Å²) in [5.74, 6) is 1.85. The van der Waals surface area contributed by atoms with E-state index >= 15 is 0 Å². The number of ether oxygens (including phenoxy) is 1. The zero-order valence-corrected chi connectivity index (χ0v) is 16.6. The number of halogens is 1. The monoisotopic (exact) mass is 403 g/mol. The van der Waals surface area contributed by atoms with Crippen LogP contribution in [0.5, 0.6) is 5.75 Å². The van der Waals surface area contributed by atoms with Gasteiger partial charge in [0.25, 0.3) is 5.91 Å². The van der Waals surface area contributed by atoms with Crippen molar-refractivity contribution < 1.29 is 14.1 Å². The molecule has 0 radical (unpaired) electrons. The van der Waals surface area contributed by atoms with Gasteiger partial charge in [-0.1, -0.05) is 28.9 Å². The highest BCUT2D eigenvalue weighted by Crippen LogP contribution is 2.32. The summed E-state index contributed by atoms with van der Waals surface area (Å²) >= 11 is 7.59. The highest BCUT2D eigenvalue weighted by Gasteiger charge is 2.16. The number of amides is 1. The Morgan fingerprint density at radius 1 is 1.30 bits per heavy atom. The molecule has 0 saturated carbocycles. The number of benzene rings is 2. The Hall–Kier alpha value is -2.51. The molecule has 1 N–H and O–H groups in total. The van der Waals surface area contributed by atoms with Gasteiger partial charge in [-0.3, -0.25) is 4.79 Å². The summed E-state index contributed by atoms with van der Waals surface area (Å²) < 4.78 is 10.4. The molecule has 27 heavy (non-hydrogen) atoms. The summed E-state index contributed by atoms with van der Waals surface area (Å²) in [5.41, 5.74) is 1.97. The Kier molecular flexibility index (Phi) is 6.03. The van der Waals surface area contributed by atoms with E-state index in [0.717, 1.165) is 10.5 Å². The van der Waals surface area contributed by atoms with Crippen LogP contribution in [0.25, 0.3) is 0 Å². The lowest BCUT2D eigenvalue weighted by molar-refractivity contribution is 0.102. The summed E-state index contributed by atoms with van der Waals surface area (Å²) in [4.78, 5) is 17.8. The van der Waals surface area contributed by atoms with E-state index in [0.29, 0.717) is 39.5 Å². The zero-order chi connectivity index (χ0) is 19.4. The number of carbonyl (C=O) groups excluding carboxylic acids is 1. The fourth-order valence-electron chi connectivity index (χ4n) is 2.44. The quantitative estimate of drug-likeness (QED) is 0.590. The third-order valence-electron chi connectivity index (χ3n) is 3.78. The predicted molar refractivity (Wildman–Crippen MR) is 106 cm³/mol. The van der Waals surface area contributed by atoms with Gasteiger partial charge in [-0.15, -0.1) is 11.8 Å². The van der Waals surface area contributed by atoms with Gasteiger partial charge in [0.2, 0.25) is 5.89 Å². The zero-order valence-electron chi connectivity index (χ0n) is 15.1. The first-order valence-electron chi connectivity index (χ1n) is 8.14. The minimum absolute atomic E-state index is 0.236. The number of nitrogens with one attached hydrogen (secondary N) is 1. The number of rotatable bonds is 6. The van der Waals surface area contributed by atoms with Crippen LogP contribution in [-0.2, 0) is 5.75 Å². The van der Waals surface area contributed by atoms with Gasteiger partial charge in [0, 0.05) is 16.0 Å². The third-order valence-corrected chi connectivity index (χ3v) is 5.25. The fraction of sp³-hybridized carbons (Fsp3) is 0.211. The minimum Gasteiger partial charge on any atom is -0.495 e. The van der Waals surface area contributed by atoms with E-state index in [2.05, 4.69) is 15.5 Å². The van der Waals surface area contributed by atoms with Crippen molar-refractivity contribution in [3.63, 3.8) is 0 Å². The number of methoxy groups -OCH3 is 1. The SMILES string of the molecule is COc1cc(Cl)c(C)cc1NC(=O)c1ccccc1SCc1nc(C)no1. The van der Waals surface area contributed by atoms with Crippen LogP contribution in [0, 0.1) is 13.8 Å². The normalized spacial score (nSPS) is 10.7. The molecular weight excluding hydrogens is 386 g/mol. The standard InChI is InChI=1S/C19H18ClN3O3S/c1-11-8-15(16(25-3)9-14(11)20)22-19(24)13-6-4-5-7-17(13)27-10-18-21-12(2)23-26-18/h4-9H,10H2,1-3H3,(H,22,24). The van der Waals surface area contributed by atoms with Crippen LogP contribution in [0.2, 0.25) is 5.02 Å². The molecule has 0 bridgehead atoms. The van der Waals surface area contributed by atoms with Crippen LogP contribution in [0.4, 0.5) is 5.69 Å². The van der Waals surface area contributed by atoms with Crippen molar-refractivity contribution in [2.24, 2.45) is 0 Å². The van der Waals surface area contributed by atoms with E-state index in [9.17, 15) is 4.79 Å². The fourth-order valence-corrected chi connectivity index (χ4v) is 3.48.